The molecular formula is C18H18N2OS2. The summed E-state index contributed by atoms with van der Waals surface area (Å²) in [5.41, 5.74) is 0.806. The highest BCUT2D eigenvalue weighted by Crippen LogP contribution is 2.29. The van der Waals surface area contributed by atoms with Gasteiger partial charge in [0.15, 0.2) is 0 Å². The molecular weight excluding hydrogens is 324 g/mol. The van der Waals surface area contributed by atoms with Crippen LogP contribution in [0.4, 0.5) is 5.69 Å². The molecule has 0 aromatic heterocycles. The van der Waals surface area contributed by atoms with Gasteiger partial charge in [-0.2, -0.15) is 5.26 Å². The van der Waals surface area contributed by atoms with Crippen molar-refractivity contribution >= 4 is 35.1 Å². The monoisotopic (exact) mass is 342 g/mol. The van der Waals surface area contributed by atoms with E-state index >= 15 is 0 Å². The number of amides is 1. The molecule has 1 N–H and O–H groups in total. The van der Waals surface area contributed by atoms with E-state index in [1.165, 1.54) is 11.8 Å². The molecule has 1 amide bonds. The number of benzene rings is 2. The Morgan fingerprint density at radius 1 is 1.17 bits per heavy atom. The van der Waals surface area contributed by atoms with E-state index in [9.17, 15) is 4.79 Å². The van der Waals surface area contributed by atoms with Crippen molar-refractivity contribution in [1.29, 1.82) is 5.26 Å². The van der Waals surface area contributed by atoms with E-state index < -0.39 is 0 Å². The van der Waals surface area contributed by atoms with Crippen LogP contribution in [0.3, 0.4) is 0 Å². The number of rotatable bonds is 7. The van der Waals surface area contributed by atoms with E-state index in [0.717, 1.165) is 21.2 Å². The number of carbonyl (C=O) groups excluding carboxylic acids is 1. The molecule has 2 rings (SSSR count). The molecule has 0 heterocycles. The van der Waals surface area contributed by atoms with E-state index in [1.54, 1.807) is 11.8 Å². The van der Waals surface area contributed by atoms with Crippen LogP contribution in [0.5, 0.6) is 0 Å². The highest BCUT2D eigenvalue weighted by molar-refractivity contribution is 8.00. The van der Waals surface area contributed by atoms with Crippen molar-refractivity contribution in [3.8, 4) is 6.07 Å². The van der Waals surface area contributed by atoms with Gasteiger partial charge in [-0.1, -0.05) is 30.3 Å². The average Bonchev–Trinajstić information content (AvgIpc) is 2.57. The fourth-order valence-electron chi connectivity index (χ4n) is 1.89. The van der Waals surface area contributed by atoms with Gasteiger partial charge in [-0.3, -0.25) is 4.79 Å². The van der Waals surface area contributed by atoms with Crippen molar-refractivity contribution in [2.45, 2.75) is 28.4 Å². The van der Waals surface area contributed by atoms with Crippen molar-refractivity contribution in [2.75, 3.05) is 11.1 Å². The highest BCUT2D eigenvalue weighted by Gasteiger charge is 2.15. The first-order chi connectivity index (χ1) is 11.2. The second kappa shape index (κ2) is 9.29. The highest BCUT2D eigenvalue weighted by atomic mass is 32.2. The molecule has 5 heteroatoms. The van der Waals surface area contributed by atoms with Gasteiger partial charge >= 0.3 is 0 Å². The van der Waals surface area contributed by atoms with Gasteiger partial charge in [-0.05, 0) is 31.2 Å². The molecule has 0 saturated heterocycles. The van der Waals surface area contributed by atoms with E-state index in [0.29, 0.717) is 6.42 Å². The van der Waals surface area contributed by atoms with Crippen molar-refractivity contribution < 1.29 is 4.79 Å². The number of nitrogens with zero attached hydrogens (tertiary/aromatic N) is 1. The molecule has 3 nitrogen and oxygen atoms in total. The van der Waals surface area contributed by atoms with Crippen molar-refractivity contribution in [3.05, 3.63) is 54.6 Å². The lowest BCUT2D eigenvalue weighted by Gasteiger charge is -2.14. The van der Waals surface area contributed by atoms with Gasteiger partial charge < -0.3 is 5.32 Å². The third-order valence-electron chi connectivity index (χ3n) is 3.04. The van der Waals surface area contributed by atoms with Gasteiger partial charge in [0.1, 0.15) is 0 Å². The zero-order valence-corrected chi connectivity index (χ0v) is 14.5. The number of nitrogens with one attached hydrogen (secondary N) is 1. The van der Waals surface area contributed by atoms with Crippen LogP contribution in [0.25, 0.3) is 0 Å². The molecule has 23 heavy (non-hydrogen) atoms. The lowest BCUT2D eigenvalue weighted by Crippen LogP contribution is -2.22. The second-order valence-corrected chi connectivity index (χ2v) is 7.37. The Hall–Kier alpha value is -1.90. The minimum atomic E-state index is -0.186. The summed E-state index contributed by atoms with van der Waals surface area (Å²) in [4.78, 5) is 14.5. The van der Waals surface area contributed by atoms with Gasteiger partial charge in [0.25, 0.3) is 0 Å². The third-order valence-corrected chi connectivity index (χ3v) is 5.23. The van der Waals surface area contributed by atoms with Crippen LogP contribution < -0.4 is 5.32 Å². The number of para-hydroxylation sites is 1. The standard InChI is InChI=1S/C18H18N2OS2/c1-14(23-15-8-3-2-4-9-15)18(21)20-16-10-5-6-11-17(16)22-13-7-12-19/h2-6,8-11,14H,7,13H2,1H3,(H,20,21)/t14-/m0/s1. The molecule has 0 fully saturated rings. The van der Waals surface area contributed by atoms with Gasteiger partial charge in [0.2, 0.25) is 5.91 Å². The summed E-state index contributed by atoms with van der Waals surface area (Å²) in [6, 6.07) is 19.7. The normalized spacial score (nSPS) is 11.5. The maximum absolute atomic E-state index is 12.4. The fraction of sp³-hybridized carbons (Fsp3) is 0.222. The van der Waals surface area contributed by atoms with Crippen molar-refractivity contribution in [3.63, 3.8) is 0 Å². The summed E-state index contributed by atoms with van der Waals surface area (Å²) in [5, 5.41) is 11.4. The van der Waals surface area contributed by atoms with Crippen LogP contribution in [0, 0.1) is 11.3 Å². The molecule has 0 aliphatic carbocycles. The van der Waals surface area contributed by atoms with Crippen LogP contribution >= 0.6 is 23.5 Å². The van der Waals surface area contributed by atoms with Crippen LogP contribution in [-0.4, -0.2) is 16.9 Å². The van der Waals surface area contributed by atoms with E-state index in [2.05, 4.69) is 11.4 Å². The summed E-state index contributed by atoms with van der Waals surface area (Å²) < 4.78 is 0. The molecule has 0 radical (unpaired) electrons. The maximum Gasteiger partial charge on any atom is 0.237 e. The van der Waals surface area contributed by atoms with E-state index in [1.807, 2.05) is 61.5 Å². The molecule has 0 aliphatic heterocycles. The summed E-state index contributed by atoms with van der Waals surface area (Å²) in [6.07, 6.45) is 0.493. The smallest absolute Gasteiger partial charge is 0.237 e. The predicted octanol–water partition coefficient (Wildman–Crippen LogP) is 4.81. The van der Waals surface area contributed by atoms with Crippen LogP contribution in [0.15, 0.2) is 64.4 Å². The third kappa shape index (κ3) is 5.66. The number of hydrogen-bond donors (Lipinski definition) is 1. The minimum Gasteiger partial charge on any atom is -0.324 e. The van der Waals surface area contributed by atoms with Gasteiger partial charge in [-0.25, -0.2) is 0 Å². The van der Waals surface area contributed by atoms with Crippen LogP contribution in [0.1, 0.15) is 13.3 Å². The van der Waals surface area contributed by atoms with Crippen molar-refractivity contribution in [1.82, 2.24) is 0 Å². The zero-order chi connectivity index (χ0) is 16.5. The molecule has 0 bridgehead atoms. The fourth-order valence-corrected chi connectivity index (χ4v) is 3.64. The molecule has 0 aliphatic rings. The molecule has 118 valence electrons. The first kappa shape index (κ1) is 17.5. The molecule has 0 saturated carbocycles. The first-order valence-electron chi connectivity index (χ1n) is 7.32. The SMILES string of the molecule is C[C@H](Sc1ccccc1)C(=O)Nc1ccccc1SCCC#N. The Labute approximate surface area is 145 Å². The Kier molecular flexibility index (Phi) is 7.05. The number of thioether (sulfide) groups is 2. The molecule has 0 spiro atoms. The summed E-state index contributed by atoms with van der Waals surface area (Å²) in [7, 11) is 0. The molecule has 2 aromatic rings. The summed E-state index contributed by atoms with van der Waals surface area (Å²) >= 11 is 3.12. The Morgan fingerprint density at radius 2 is 1.87 bits per heavy atom. The maximum atomic E-state index is 12.4. The number of nitriles is 1. The van der Waals surface area contributed by atoms with E-state index in [4.69, 9.17) is 5.26 Å². The lowest BCUT2D eigenvalue weighted by molar-refractivity contribution is -0.115. The van der Waals surface area contributed by atoms with Gasteiger partial charge in [0.05, 0.1) is 17.0 Å². The Morgan fingerprint density at radius 3 is 2.61 bits per heavy atom. The zero-order valence-electron chi connectivity index (χ0n) is 12.9. The quantitative estimate of drug-likeness (QED) is 0.579. The van der Waals surface area contributed by atoms with Crippen LogP contribution in [-0.2, 0) is 4.79 Å². The van der Waals surface area contributed by atoms with Crippen molar-refractivity contribution in [2.24, 2.45) is 0 Å². The number of carbonyl (C=O) groups is 1. The number of hydrogen-bond acceptors (Lipinski definition) is 4. The lowest BCUT2D eigenvalue weighted by atomic mass is 10.3. The molecule has 2 aromatic carbocycles. The largest absolute Gasteiger partial charge is 0.324 e. The number of anilines is 1. The first-order valence-corrected chi connectivity index (χ1v) is 9.18. The molecule has 0 unspecified atom stereocenters. The molecule has 1 atom stereocenters. The summed E-state index contributed by atoms with van der Waals surface area (Å²) in [5.74, 6) is 0.699. The van der Waals surface area contributed by atoms with Crippen LogP contribution in [0.2, 0.25) is 0 Å². The Bertz CT molecular complexity index is 683. The second-order valence-electron chi connectivity index (χ2n) is 4.82. The van der Waals surface area contributed by atoms with E-state index in [-0.39, 0.29) is 11.2 Å². The minimum absolute atomic E-state index is 0.0211. The predicted molar refractivity (Wildman–Crippen MR) is 97.8 cm³/mol. The van der Waals surface area contributed by atoms with Gasteiger partial charge in [-0.15, -0.1) is 23.5 Å². The van der Waals surface area contributed by atoms with Gasteiger partial charge in [0, 0.05) is 22.0 Å². The summed E-state index contributed by atoms with van der Waals surface area (Å²) in [6.45, 7) is 1.90. The topological polar surface area (TPSA) is 52.9 Å². The average molecular weight is 342 g/mol. The Balaban J connectivity index is 1.98.